The number of methoxy groups -OCH3 is 3. The summed E-state index contributed by atoms with van der Waals surface area (Å²) in [5.74, 6) is -9.28. The lowest BCUT2D eigenvalue weighted by Gasteiger charge is -2.44. The van der Waals surface area contributed by atoms with Crippen molar-refractivity contribution in [2.45, 2.75) is 186 Å². The standard InChI is InChI=1S/C60H86N4O15/c1-35-18-20-36(2)51(67)53(77-10)52(68)39(5)29-37(3)47(66)33-48(38(4)30-41-22-25-46(65)49(31-41)75-8)78-56(71)42-15-14-28-61(34-42)55(70)54(69)60(74)40(6)21-24-45(79-60)32-50(76-9)59(7)27-26-44(23-19-35)63-57(72)62(58(73)64(59)63)43-16-12-11-13-17-43/h11-13,16-17,19,23,26-27,29,35-38,40-42,44-46,48-50,52-53,65,68,74H,14-15,18,20-22,24-25,28,30-34H2,1-10H3/b23-19+,39-29+/t35-,36+,37+,38+,40+,41-,42+,44?,45-,46+,48-,49+,50-,52+,53-,59?,60+/m0/s1. The number of hydrogen-bond acceptors (Lipinski definition) is 15. The molecule has 436 valence electrons. The number of ether oxygens (including phenoxy) is 5. The zero-order valence-electron chi connectivity index (χ0n) is 47.9. The normalized spacial score (nSPS) is 37.6. The van der Waals surface area contributed by atoms with Crippen LogP contribution in [0.1, 0.15) is 132 Å². The van der Waals surface area contributed by atoms with E-state index >= 15 is 0 Å². The Labute approximate surface area is 463 Å². The number of hydrogen-bond donors (Lipinski definition) is 3. The van der Waals surface area contributed by atoms with Crippen molar-refractivity contribution in [2.24, 2.45) is 41.4 Å². The molecular weight excluding hydrogens is 1020 g/mol. The van der Waals surface area contributed by atoms with E-state index in [0.29, 0.717) is 75.5 Å². The highest BCUT2D eigenvalue weighted by Gasteiger charge is 2.53. The predicted octanol–water partition coefficient (Wildman–Crippen LogP) is 5.57. The van der Waals surface area contributed by atoms with E-state index in [9.17, 15) is 48.9 Å². The SMILES string of the molecule is CO[C@H]1C[C@@H]2CC[C@@H](C)[C@@](O)(O2)C(=O)C(=O)N2CCC[C@H](C2)C(=O)O[C@H]([C@H](C)C[C@@H]2CC[C@@H](O)[C@H](OC)C2)CC(=O)[C@H](C)/C=C(\C)[C@@H](O)[C@@H](OC)C(=O)[C@H](C)CC[C@H](C)/C=C/C2C=CC1(C)n1c(=O)n(-c3ccccc3)c(=O)n12. The molecule has 2 saturated heterocycles. The molecule has 1 saturated carbocycles. The lowest BCUT2D eigenvalue weighted by atomic mass is 9.78. The number of aliphatic hydroxyl groups excluding tert-OH is 2. The second-order valence-electron chi connectivity index (χ2n) is 23.7. The number of Topliss-reactive ketones (excluding diaryl/α,β-unsaturated/α-hetero) is 3. The van der Waals surface area contributed by atoms with E-state index in [1.54, 1.807) is 78.1 Å². The van der Waals surface area contributed by atoms with E-state index in [1.807, 2.05) is 38.2 Å². The summed E-state index contributed by atoms with van der Waals surface area (Å²) < 4.78 is 33.9. The molecule has 19 nitrogen and oxygen atoms in total. The summed E-state index contributed by atoms with van der Waals surface area (Å²) in [5, 5.41) is 34.4. The number of ketones is 3. The Hall–Kier alpha value is -5.15. The quantitative estimate of drug-likeness (QED) is 0.174. The van der Waals surface area contributed by atoms with Gasteiger partial charge in [-0.2, -0.15) is 0 Å². The fraction of sp³-hybridized carbons (Fsp3) is 0.683. The van der Waals surface area contributed by atoms with E-state index in [0.717, 1.165) is 4.57 Å². The lowest BCUT2D eigenvalue weighted by Crippen LogP contribution is -2.60. The molecule has 1 aromatic heterocycles. The lowest BCUT2D eigenvalue weighted by molar-refractivity contribution is -0.267. The summed E-state index contributed by atoms with van der Waals surface area (Å²) in [5.41, 5.74) is -1.85. The minimum absolute atomic E-state index is 0.0319. The summed E-state index contributed by atoms with van der Waals surface area (Å²) in [7, 11) is 4.39. The summed E-state index contributed by atoms with van der Waals surface area (Å²) in [6, 6.07) is 7.84. The molecule has 0 radical (unpaired) electrons. The number of para-hydroxylation sites is 1. The van der Waals surface area contributed by atoms with Crippen LogP contribution in [0, 0.1) is 41.4 Å². The van der Waals surface area contributed by atoms with Crippen LogP contribution >= 0.6 is 0 Å². The van der Waals surface area contributed by atoms with Crippen LogP contribution in [0.2, 0.25) is 0 Å². The molecule has 1 amide bonds. The zero-order valence-corrected chi connectivity index (χ0v) is 47.9. The number of carbonyl (C=O) groups excluding carboxylic acids is 5. The van der Waals surface area contributed by atoms with Crippen molar-refractivity contribution < 1.29 is 63.0 Å². The topological polar surface area (TPSA) is 244 Å². The van der Waals surface area contributed by atoms with Crippen LogP contribution < -0.4 is 11.4 Å². The van der Waals surface area contributed by atoms with Gasteiger partial charge in [-0.25, -0.2) is 23.5 Å². The zero-order chi connectivity index (χ0) is 57.7. The van der Waals surface area contributed by atoms with Crippen molar-refractivity contribution >= 4 is 29.2 Å². The number of fused-ring (bicyclic) bond motifs is 16. The van der Waals surface area contributed by atoms with Gasteiger partial charge in [-0.3, -0.25) is 24.0 Å². The molecule has 79 heavy (non-hydrogen) atoms. The van der Waals surface area contributed by atoms with Crippen LogP contribution in [0.3, 0.4) is 0 Å². The Morgan fingerprint density at radius 1 is 0.823 bits per heavy atom. The Balaban J connectivity index is 1.22. The van der Waals surface area contributed by atoms with Gasteiger partial charge in [0, 0.05) is 65.0 Å². The molecule has 1 aliphatic carbocycles. The van der Waals surface area contributed by atoms with Gasteiger partial charge in [-0.05, 0) is 114 Å². The van der Waals surface area contributed by atoms with Crippen LogP contribution in [-0.2, 0) is 53.2 Å². The molecule has 2 aromatic rings. The molecule has 6 aliphatic rings. The number of aromatic nitrogens is 3. The molecule has 3 N–H and O–H groups in total. The second-order valence-corrected chi connectivity index (χ2v) is 23.7. The summed E-state index contributed by atoms with van der Waals surface area (Å²) in [6.07, 6.45) is 7.39. The number of rotatable bonds is 7. The maximum atomic E-state index is 14.8. The van der Waals surface area contributed by atoms with Gasteiger partial charge in [0.2, 0.25) is 5.79 Å². The van der Waals surface area contributed by atoms with Gasteiger partial charge in [0.25, 0.3) is 11.7 Å². The first-order valence-electron chi connectivity index (χ1n) is 28.5. The third-order valence-electron chi connectivity index (χ3n) is 17.9. The van der Waals surface area contributed by atoms with Crippen molar-refractivity contribution in [3.05, 3.63) is 87.3 Å². The van der Waals surface area contributed by atoms with Gasteiger partial charge in [-0.15, -0.1) is 0 Å². The average Bonchev–Trinajstić information content (AvgIpc) is 3.97. The Bertz CT molecular complexity index is 2710. The van der Waals surface area contributed by atoms with Crippen LogP contribution in [-0.4, -0.2) is 146 Å². The molecule has 5 aliphatic heterocycles. The summed E-state index contributed by atoms with van der Waals surface area (Å²) in [6.45, 7) is 12.3. The Kier molecular flexibility index (Phi) is 20.4. The largest absolute Gasteiger partial charge is 0.461 e. The molecule has 1 aromatic carbocycles. The summed E-state index contributed by atoms with van der Waals surface area (Å²) in [4.78, 5) is 102. The Morgan fingerprint density at radius 3 is 2.23 bits per heavy atom. The summed E-state index contributed by atoms with van der Waals surface area (Å²) >= 11 is 0. The molecule has 6 bridgehead atoms. The van der Waals surface area contributed by atoms with E-state index in [2.05, 4.69) is 0 Å². The highest BCUT2D eigenvalue weighted by Crippen LogP contribution is 2.40. The third-order valence-corrected chi connectivity index (χ3v) is 17.9. The molecule has 17 atom stereocenters. The van der Waals surface area contributed by atoms with Gasteiger partial charge in [-0.1, -0.05) is 83.2 Å². The first-order valence-corrected chi connectivity index (χ1v) is 28.5. The predicted molar refractivity (Wildman–Crippen MR) is 293 cm³/mol. The molecule has 2 unspecified atom stereocenters. The van der Waals surface area contributed by atoms with Crippen LogP contribution in [0.4, 0.5) is 0 Å². The van der Waals surface area contributed by atoms with E-state index in [1.165, 1.54) is 28.5 Å². The number of carbonyl (C=O) groups is 5. The second kappa shape index (κ2) is 26.2. The van der Waals surface area contributed by atoms with Gasteiger partial charge < -0.3 is 43.9 Å². The third kappa shape index (κ3) is 13.3. The number of benzene rings is 1. The number of aliphatic hydroxyl groups is 3. The monoisotopic (exact) mass is 1100 g/mol. The molecule has 6 heterocycles. The molecule has 3 fully saturated rings. The van der Waals surface area contributed by atoms with Gasteiger partial charge in [0.1, 0.15) is 29.6 Å². The number of esters is 1. The minimum Gasteiger partial charge on any atom is -0.461 e. The van der Waals surface area contributed by atoms with E-state index in [4.69, 9.17) is 23.7 Å². The van der Waals surface area contributed by atoms with Crippen molar-refractivity contribution in [1.82, 2.24) is 18.8 Å². The average molecular weight is 1100 g/mol. The van der Waals surface area contributed by atoms with Gasteiger partial charge >= 0.3 is 17.3 Å². The fourth-order valence-corrected chi connectivity index (χ4v) is 12.6. The first-order chi connectivity index (χ1) is 37.5. The van der Waals surface area contributed by atoms with Crippen molar-refractivity contribution in [2.75, 3.05) is 34.4 Å². The minimum atomic E-state index is -2.55. The van der Waals surface area contributed by atoms with Crippen LogP contribution in [0.25, 0.3) is 5.69 Å². The number of piperidine rings is 1. The smallest absolute Gasteiger partial charge is 0.352 e. The van der Waals surface area contributed by atoms with Crippen LogP contribution in [0.5, 0.6) is 0 Å². The first kappa shape index (κ1) is 61.5. The molecular formula is C60H86N4O15. The molecule has 0 spiro atoms. The maximum absolute atomic E-state index is 14.8. The van der Waals surface area contributed by atoms with Crippen molar-refractivity contribution in [1.29, 1.82) is 0 Å². The molecule has 8 rings (SSSR count). The number of nitrogens with zero attached hydrogens (tertiary/aromatic N) is 4. The highest BCUT2D eigenvalue weighted by atomic mass is 16.6. The fourth-order valence-electron chi connectivity index (χ4n) is 12.6. The van der Waals surface area contributed by atoms with Gasteiger partial charge in [0.15, 0.2) is 5.78 Å². The number of amides is 1. The van der Waals surface area contributed by atoms with Crippen LogP contribution in [0.15, 0.2) is 75.9 Å². The van der Waals surface area contributed by atoms with E-state index in [-0.39, 0.29) is 61.4 Å². The van der Waals surface area contributed by atoms with E-state index < -0.39 is 107 Å². The Morgan fingerprint density at radius 2 is 1.54 bits per heavy atom. The highest BCUT2D eigenvalue weighted by molar-refractivity contribution is 6.38. The van der Waals surface area contributed by atoms with Crippen molar-refractivity contribution in [3.8, 4) is 5.69 Å². The molecule has 19 heteroatoms. The van der Waals surface area contributed by atoms with Gasteiger partial charge in [0.05, 0.1) is 42.1 Å². The van der Waals surface area contributed by atoms with Crippen molar-refractivity contribution in [3.63, 3.8) is 0 Å². The number of allylic oxidation sites excluding steroid dienone is 4. The maximum Gasteiger partial charge on any atom is 0.352 e.